The summed E-state index contributed by atoms with van der Waals surface area (Å²) in [5, 5.41) is 22.0. The smallest absolute Gasteiger partial charge is 0.294 e. The van der Waals surface area contributed by atoms with Gasteiger partial charge in [0.15, 0.2) is 0 Å². The number of aromatic nitrogens is 2. The van der Waals surface area contributed by atoms with Crippen LogP contribution in [0, 0.1) is 20.2 Å². The molecule has 0 spiro atoms. The first-order valence-corrected chi connectivity index (χ1v) is 7.71. The highest BCUT2D eigenvalue weighted by atomic mass is 19.4. The van der Waals surface area contributed by atoms with Crippen LogP contribution in [0.5, 0.6) is 0 Å². The molecule has 12 heteroatoms. The van der Waals surface area contributed by atoms with E-state index in [4.69, 9.17) is 0 Å². The van der Waals surface area contributed by atoms with Crippen molar-refractivity contribution in [3.05, 3.63) is 67.3 Å². The molecule has 1 aliphatic rings. The molecule has 9 nitrogen and oxygen atoms in total. The Kier molecular flexibility index (Phi) is 4.74. The summed E-state index contributed by atoms with van der Waals surface area (Å²) in [5.41, 5.74) is 0.327. The van der Waals surface area contributed by atoms with Gasteiger partial charge in [-0.05, 0) is 6.07 Å². The van der Waals surface area contributed by atoms with Crippen LogP contribution in [-0.4, -0.2) is 31.3 Å². The minimum Gasteiger partial charge on any atom is -0.294 e. The molecule has 1 aliphatic heterocycles. The Hall–Kier alpha value is -3.15. The Bertz CT molecular complexity index is 919. The van der Waals surface area contributed by atoms with Crippen LogP contribution in [0.2, 0.25) is 0 Å². The van der Waals surface area contributed by atoms with Crippen molar-refractivity contribution in [3.8, 4) is 0 Å². The quantitative estimate of drug-likeness (QED) is 0.589. The van der Waals surface area contributed by atoms with E-state index in [1.165, 1.54) is 12.1 Å². The number of rotatable bonds is 4. The van der Waals surface area contributed by atoms with Crippen LogP contribution in [0.25, 0.3) is 0 Å². The van der Waals surface area contributed by atoms with Crippen LogP contribution in [0.4, 0.5) is 24.5 Å². The normalized spacial score (nSPS) is 14.6. The molecule has 0 bridgehead atoms. The van der Waals surface area contributed by atoms with Crippen molar-refractivity contribution >= 4 is 11.4 Å². The largest absolute Gasteiger partial charge is 0.451 e. The van der Waals surface area contributed by atoms with Gasteiger partial charge >= 0.3 is 6.18 Å². The van der Waals surface area contributed by atoms with Crippen molar-refractivity contribution in [3.63, 3.8) is 0 Å². The molecule has 0 atom stereocenters. The average molecular weight is 383 g/mol. The number of non-ortho nitro benzene ring substituents is 1. The zero-order valence-corrected chi connectivity index (χ0v) is 13.6. The lowest BCUT2D eigenvalue weighted by Gasteiger charge is -2.28. The number of nitro benzene ring substituents is 2. The van der Waals surface area contributed by atoms with Crippen LogP contribution < -0.4 is 0 Å². The summed E-state index contributed by atoms with van der Waals surface area (Å²) in [5.74, 6) is -1.19. The van der Waals surface area contributed by atoms with Crippen LogP contribution >= 0.6 is 0 Å². The van der Waals surface area contributed by atoms with Crippen LogP contribution in [-0.2, 0) is 25.7 Å². The highest BCUT2D eigenvalue weighted by molar-refractivity contribution is 5.49. The Morgan fingerprint density at radius 1 is 1.19 bits per heavy atom. The number of halogens is 3. The fraction of sp³-hybridized carbons (Fsp3) is 0.333. The predicted molar refractivity (Wildman–Crippen MR) is 84.6 cm³/mol. The van der Waals surface area contributed by atoms with Crippen molar-refractivity contribution in [2.24, 2.45) is 0 Å². The molecule has 0 saturated carbocycles. The van der Waals surface area contributed by atoms with Gasteiger partial charge in [-0.1, -0.05) is 0 Å². The number of alkyl halides is 3. The maximum Gasteiger partial charge on any atom is 0.451 e. The number of benzene rings is 1. The second kappa shape index (κ2) is 6.87. The highest BCUT2D eigenvalue weighted by Crippen LogP contribution is 2.29. The SMILES string of the molecule is O=[N+]([O-])c1ccc(CN2CCc3nc(C(F)(F)F)ncc3C2)c([N+](=O)[O-])c1. The van der Waals surface area contributed by atoms with Gasteiger partial charge in [0.25, 0.3) is 11.4 Å². The third kappa shape index (κ3) is 4.00. The second-order valence-electron chi connectivity index (χ2n) is 5.95. The van der Waals surface area contributed by atoms with Crippen molar-refractivity contribution in [2.75, 3.05) is 6.54 Å². The topological polar surface area (TPSA) is 115 Å². The first kappa shape index (κ1) is 18.6. The van der Waals surface area contributed by atoms with Gasteiger partial charge in [-0.2, -0.15) is 13.2 Å². The first-order valence-electron chi connectivity index (χ1n) is 7.71. The molecular weight excluding hydrogens is 371 g/mol. The maximum absolute atomic E-state index is 12.7. The standard InChI is InChI=1S/C15H12F3N5O4/c16-15(17,18)14-19-6-10-8-21(4-3-12(10)20-14)7-9-1-2-11(22(24)25)5-13(9)23(26)27/h1-2,5-6H,3-4,7-8H2. The molecule has 1 aromatic heterocycles. The summed E-state index contributed by atoms with van der Waals surface area (Å²) in [6.45, 7) is 0.686. The zero-order valence-electron chi connectivity index (χ0n) is 13.6. The lowest BCUT2D eigenvalue weighted by molar-refractivity contribution is -0.394. The summed E-state index contributed by atoms with van der Waals surface area (Å²) >= 11 is 0. The van der Waals surface area contributed by atoms with Crippen LogP contribution in [0.15, 0.2) is 24.4 Å². The number of hydrogen-bond donors (Lipinski definition) is 0. The average Bonchev–Trinajstić information content (AvgIpc) is 2.60. The van der Waals surface area contributed by atoms with Crippen LogP contribution in [0.1, 0.15) is 22.6 Å². The zero-order chi connectivity index (χ0) is 19.8. The van der Waals surface area contributed by atoms with E-state index in [0.29, 0.717) is 17.8 Å². The van der Waals surface area contributed by atoms with Gasteiger partial charge in [0.1, 0.15) is 0 Å². The van der Waals surface area contributed by atoms with E-state index in [1.807, 2.05) is 0 Å². The van der Waals surface area contributed by atoms with Crippen molar-refractivity contribution < 1.29 is 23.0 Å². The number of nitro groups is 2. The summed E-state index contributed by atoms with van der Waals surface area (Å²) in [4.78, 5) is 29.3. The van der Waals surface area contributed by atoms with E-state index in [9.17, 15) is 33.4 Å². The highest BCUT2D eigenvalue weighted by Gasteiger charge is 2.35. The Balaban J connectivity index is 1.81. The molecule has 0 fully saturated rings. The van der Waals surface area contributed by atoms with Gasteiger partial charge in [0, 0.05) is 49.4 Å². The van der Waals surface area contributed by atoms with Crippen LogP contribution in [0.3, 0.4) is 0 Å². The van der Waals surface area contributed by atoms with Gasteiger partial charge in [-0.25, -0.2) is 9.97 Å². The number of nitrogens with zero attached hydrogens (tertiary/aromatic N) is 5. The third-order valence-electron chi connectivity index (χ3n) is 4.14. The summed E-state index contributed by atoms with van der Waals surface area (Å²) < 4.78 is 38.1. The lowest BCUT2D eigenvalue weighted by atomic mass is 10.1. The number of hydrogen-bond acceptors (Lipinski definition) is 7. The Morgan fingerprint density at radius 3 is 2.56 bits per heavy atom. The summed E-state index contributed by atoms with van der Waals surface area (Å²) in [7, 11) is 0. The van der Waals surface area contributed by atoms with Crippen molar-refractivity contribution in [2.45, 2.75) is 25.7 Å². The third-order valence-corrected chi connectivity index (χ3v) is 4.14. The van der Waals surface area contributed by atoms with Crippen molar-refractivity contribution in [1.82, 2.24) is 14.9 Å². The summed E-state index contributed by atoms with van der Waals surface area (Å²) in [6.07, 6.45) is -3.27. The van der Waals surface area contributed by atoms with E-state index < -0.39 is 21.8 Å². The molecule has 0 aliphatic carbocycles. The molecule has 0 unspecified atom stereocenters. The van der Waals surface area contributed by atoms with Gasteiger partial charge in [-0.3, -0.25) is 25.1 Å². The minimum atomic E-state index is -4.62. The molecule has 0 saturated heterocycles. The molecule has 3 rings (SSSR count). The molecule has 0 amide bonds. The molecule has 142 valence electrons. The molecule has 1 aromatic carbocycles. The van der Waals surface area contributed by atoms with E-state index >= 15 is 0 Å². The van der Waals surface area contributed by atoms with Gasteiger partial charge in [0.05, 0.1) is 21.6 Å². The van der Waals surface area contributed by atoms with Crippen molar-refractivity contribution in [1.29, 1.82) is 0 Å². The lowest BCUT2D eigenvalue weighted by Crippen LogP contribution is -2.31. The predicted octanol–water partition coefficient (Wildman–Crippen LogP) is 2.87. The fourth-order valence-corrected chi connectivity index (χ4v) is 2.86. The Labute approximate surface area is 149 Å². The van der Waals surface area contributed by atoms with Gasteiger partial charge in [0.2, 0.25) is 5.82 Å². The first-order chi connectivity index (χ1) is 12.6. The van der Waals surface area contributed by atoms with E-state index in [2.05, 4.69) is 9.97 Å². The molecule has 0 radical (unpaired) electrons. The Morgan fingerprint density at radius 2 is 1.93 bits per heavy atom. The van der Waals surface area contributed by atoms with E-state index in [0.717, 1.165) is 12.3 Å². The maximum atomic E-state index is 12.7. The molecule has 2 aromatic rings. The molecule has 27 heavy (non-hydrogen) atoms. The molecule has 2 heterocycles. The van der Waals surface area contributed by atoms with E-state index in [-0.39, 0.29) is 36.4 Å². The number of fused-ring (bicyclic) bond motifs is 1. The summed E-state index contributed by atoms with van der Waals surface area (Å²) in [6, 6.07) is 3.39. The fourth-order valence-electron chi connectivity index (χ4n) is 2.86. The molecule has 0 N–H and O–H groups in total. The second-order valence-corrected chi connectivity index (χ2v) is 5.95. The molecular formula is C15H12F3N5O4. The van der Waals surface area contributed by atoms with E-state index in [1.54, 1.807) is 4.90 Å². The monoisotopic (exact) mass is 383 g/mol. The van der Waals surface area contributed by atoms with Gasteiger partial charge < -0.3 is 0 Å². The minimum absolute atomic E-state index is 0.120. The van der Waals surface area contributed by atoms with Gasteiger partial charge in [-0.15, -0.1) is 0 Å².